The van der Waals surface area contributed by atoms with E-state index >= 15 is 0 Å². The van der Waals surface area contributed by atoms with E-state index < -0.39 is 10.8 Å². The third kappa shape index (κ3) is 19.9. The predicted molar refractivity (Wildman–Crippen MR) is 113 cm³/mol. The SMILES string of the molecule is CCCCCCCCCCCCCCCCS(=O)CCC(=O)NCCO. The quantitative estimate of drug-likeness (QED) is 0.296. The van der Waals surface area contributed by atoms with E-state index in [1.165, 1.54) is 77.0 Å². The number of unbranched alkanes of at least 4 members (excludes halogenated alkanes) is 13. The molecule has 2 N–H and O–H groups in total. The van der Waals surface area contributed by atoms with Crippen molar-refractivity contribution in [1.29, 1.82) is 0 Å². The van der Waals surface area contributed by atoms with Crippen molar-refractivity contribution < 1.29 is 14.1 Å². The molecule has 0 spiro atoms. The Morgan fingerprint density at radius 1 is 0.769 bits per heavy atom. The first-order chi connectivity index (χ1) is 12.7. The van der Waals surface area contributed by atoms with Crippen LogP contribution in [0.2, 0.25) is 0 Å². The van der Waals surface area contributed by atoms with Gasteiger partial charge in [0.2, 0.25) is 5.91 Å². The minimum Gasteiger partial charge on any atom is -0.395 e. The first-order valence-corrected chi connectivity index (χ1v) is 12.4. The Kier molecular flexibility index (Phi) is 20.5. The summed E-state index contributed by atoms with van der Waals surface area (Å²) in [5.74, 6) is 1.04. The molecule has 0 saturated carbocycles. The molecule has 0 aliphatic rings. The smallest absolute Gasteiger partial charge is 0.221 e. The molecule has 0 aliphatic carbocycles. The van der Waals surface area contributed by atoms with Crippen molar-refractivity contribution >= 4 is 16.7 Å². The van der Waals surface area contributed by atoms with E-state index in [1.807, 2.05) is 0 Å². The molecule has 1 atom stereocenters. The summed E-state index contributed by atoms with van der Waals surface area (Å²) in [6, 6.07) is 0. The van der Waals surface area contributed by atoms with Gasteiger partial charge in [0.05, 0.1) is 6.61 Å². The lowest BCUT2D eigenvalue weighted by atomic mass is 10.0. The number of rotatable bonds is 20. The Morgan fingerprint density at radius 2 is 1.23 bits per heavy atom. The van der Waals surface area contributed by atoms with Crippen LogP contribution < -0.4 is 5.32 Å². The van der Waals surface area contributed by atoms with E-state index in [0.717, 1.165) is 12.8 Å². The van der Waals surface area contributed by atoms with Gasteiger partial charge in [0.25, 0.3) is 0 Å². The fourth-order valence-corrected chi connectivity index (χ4v) is 4.19. The lowest BCUT2D eigenvalue weighted by molar-refractivity contribution is -0.120. The van der Waals surface area contributed by atoms with Crippen molar-refractivity contribution in [3.05, 3.63) is 0 Å². The molecule has 1 unspecified atom stereocenters. The van der Waals surface area contributed by atoms with Gasteiger partial charge in [0.1, 0.15) is 0 Å². The monoisotopic (exact) mass is 389 g/mol. The molecule has 0 aromatic heterocycles. The second-order valence-corrected chi connectivity index (χ2v) is 8.96. The molecular formula is C21H43NO3S. The summed E-state index contributed by atoms with van der Waals surface area (Å²) in [6.07, 6.45) is 18.9. The van der Waals surface area contributed by atoms with Crippen molar-refractivity contribution in [2.24, 2.45) is 0 Å². The second-order valence-electron chi connectivity index (χ2n) is 7.27. The van der Waals surface area contributed by atoms with Crippen LogP contribution in [-0.2, 0) is 15.6 Å². The number of hydrogen-bond acceptors (Lipinski definition) is 3. The van der Waals surface area contributed by atoms with E-state index in [9.17, 15) is 9.00 Å². The molecule has 0 bridgehead atoms. The van der Waals surface area contributed by atoms with Crippen molar-refractivity contribution in [3.8, 4) is 0 Å². The van der Waals surface area contributed by atoms with Gasteiger partial charge in [0, 0.05) is 35.3 Å². The number of aliphatic hydroxyl groups is 1. The summed E-state index contributed by atoms with van der Waals surface area (Å²) in [5.41, 5.74) is 0. The highest BCUT2D eigenvalue weighted by atomic mass is 32.2. The van der Waals surface area contributed by atoms with Gasteiger partial charge >= 0.3 is 0 Å². The number of aliphatic hydroxyl groups excluding tert-OH is 1. The molecule has 0 aromatic rings. The Morgan fingerprint density at radius 3 is 1.69 bits per heavy atom. The highest BCUT2D eigenvalue weighted by Gasteiger charge is 2.05. The van der Waals surface area contributed by atoms with Crippen LogP contribution in [0, 0.1) is 0 Å². The molecule has 1 amide bonds. The Balaban J connectivity index is 3.21. The van der Waals surface area contributed by atoms with Gasteiger partial charge in [-0.1, -0.05) is 90.4 Å². The van der Waals surface area contributed by atoms with Crippen LogP contribution in [0.3, 0.4) is 0 Å². The second kappa shape index (κ2) is 20.9. The molecule has 0 aliphatic heterocycles. The largest absolute Gasteiger partial charge is 0.395 e. The zero-order chi connectivity index (χ0) is 19.3. The summed E-state index contributed by atoms with van der Waals surface area (Å²) in [7, 11) is -0.886. The summed E-state index contributed by atoms with van der Waals surface area (Å²) in [5, 5.41) is 11.2. The topological polar surface area (TPSA) is 66.4 Å². The third-order valence-electron chi connectivity index (χ3n) is 4.72. The Labute approximate surface area is 164 Å². The zero-order valence-electron chi connectivity index (χ0n) is 17.1. The molecule has 5 heteroatoms. The molecule has 26 heavy (non-hydrogen) atoms. The van der Waals surface area contributed by atoms with Crippen LogP contribution in [0.1, 0.15) is 103 Å². The average molecular weight is 390 g/mol. The molecule has 0 fully saturated rings. The standard InChI is InChI=1S/C21H43NO3S/c1-2-3-4-5-6-7-8-9-10-11-12-13-14-15-19-26(25)20-16-21(24)22-17-18-23/h23H,2-20H2,1H3,(H,22,24). The van der Waals surface area contributed by atoms with Gasteiger partial charge in [-0.3, -0.25) is 9.00 Å². The Hall–Kier alpha value is -0.420. The third-order valence-corrected chi connectivity index (χ3v) is 6.12. The van der Waals surface area contributed by atoms with Crippen molar-refractivity contribution in [1.82, 2.24) is 5.32 Å². The lowest BCUT2D eigenvalue weighted by Crippen LogP contribution is -2.27. The van der Waals surface area contributed by atoms with Crippen molar-refractivity contribution in [2.75, 3.05) is 24.7 Å². The normalized spacial score (nSPS) is 12.2. The van der Waals surface area contributed by atoms with E-state index in [1.54, 1.807) is 0 Å². The molecule has 156 valence electrons. The van der Waals surface area contributed by atoms with Crippen molar-refractivity contribution in [3.63, 3.8) is 0 Å². The van der Waals surface area contributed by atoms with E-state index in [-0.39, 0.29) is 19.1 Å². The fourth-order valence-electron chi connectivity index (χ4n) is 3.05. The fraction of sp³-hybridized carbons (Fsp3) is 0.952. The van der Waals surface area contributed by atoms with Crippen LogP contribution in [0.5, 0.6) is 0 Å². The molecular weight excluding hydrogens is 346 g/mol. The van der Waals surface area contributed by atoms with Gasteiger partial charge in [-0.15, -0.1) is 0 Å². The van der Waals surface area contributed by atoms with E-state index in [0.29, 0.717) is 17.9 Å². The van der Waals surface area contributed by atoms with Gasteiger partial charge in [-0.2, -0.15) is 0 Å². The summed E-state index contributed by atoms with van der Waals surface area (Å²) in [6.45, 7) is 2.50. The molecule has 4 nitrogen and oxygen atoms in total. The number of hydrogen-bond donors (Lipinski definition) is 2. The number of carbonyl (C=O) groups is 1. The van der Waals surface area contributed by atoms with Crippen LogP contribution in [-0.4, -0.2) is 39.9 Å². The minimum absolute atomic E-state index is 0.0477. The molecule has 0 heterocycles. The minimum atomic E-state index is -0.886. The molecule has 0 radical (unpaired) electrons. The average Bonchev–Trinajstić information content (AvgIpc) is 2.64. The lowest BCUT2D eigenvalue weighted by Gasteiger charge is -2.05. The van der Waals surface area contributed by atoms with Crippen LogP contribution >= 0.6 is 0 Å². The highest BCUT2D eigenvalue weighted by molar-refractivity contribution is 7.84. The highest BCUT2D eigenvalue weighted by Crippen LogP contribution is 2.13. The van der Waals surface area contributed by atoms with Crippen LogP contribution in [0.25, 0.3) is 0 Å². The molecule has 0 aromatic carbocycles. The molecule has 0 saturated heterocycles. The van der Waals surface area contributed by atoms with Gasteiger partial charge in [-0.25, -0.2) is 0 Å². The maximum Gasteiger partial charge on any atom is 0.221 e. The predicted octanol–water partition coefficient (Wildman–Crippen LogP) is 4.72. The number of nitrogens with one attached hydrogen (secondary N) is 1. The molecule has 0 rings (SSSR count). The summed E-state index contributed by atoms with van der Waals surface area (Å²) in [4.78, 5) is 11.4. The number of amides is 1. The Bertz CT molecular complexity index is 337. The number of carbonyl (C=O) groups excluding carboxylic acids is 1. The van der Waals surface area contributed by atoms with Crippen LogP contribution in [0.15, 0.2) is 0 Å². The maximum absolute atomic E-state index is 11.8. The zero-order valence-corrected chi connectivity index (χ0v) is 17.9. The summed E-state index contributed by atoms with van der Waals surface area (Å²) < 4.78 is 11.8. The maximum atomic E-state index is 11.8. The first kappa shape index (κ1) is 25.6. The van der Waals surface area contributed by atoms with Crippen LogP contribution in [0.4, 0.5) is 0 Å². The van der Waals surface area contributed by atoms with Crippen molar-refractivity contribution in [2.45, 2.75) is 103 Å². The van der Waals surface area contributed by atoms with E-state index in [2.05, 4.69) is 12.2 Å². The van der Waals surface area contributed by atoms with E-state index in [4.69, 9.17) is 5.11 Å². The summed E-state index contributed by atoms with van der Waals surface area (Å²) >= 11 is 0. The van der Waals surface area contributed by atoms with Gasteiger partial charge < -0.3 is 10.4 Å². The van der Waals surface area contributed by atoms with Gasteiger partial charge in [-0.05, 0) is 6.42 Å². The van der Waals surface area contributed by atoms with Gasteiger partial charge in [0.15, 0.2) is 0 Å². The first-order valence-electron chi connectivity index (χ1n) is 10.9.